The lowest BCUT2D eigenvalue weighted by Crippen LogP contribution is -2.24. The van der Waals surface area contributed by atoms with Gasteiger partial charge in [0.15, 0.2) is 5.17 Å². The predicted molar refractivity (Wildman–Crippen MR) is 83.7 cm³/mol. The number of carbonyl (C=O) groups is 1. The Kier molecular flexibility index (Phi) is 5.34. The van der Waals surface area contributed by atoms with Crippen molar-refractivity contribution in [3.63, 3.8) is 0 Å². The lowest BCUT2D eigenvalue weighted by molar-refractivity contribution is 0.0601. The van der Waals surface area contributed by atoms with E-state index in [0.717, 1.165) is 12.3 Å². The van der Waals surface area contributed by atoms with Crippen LogP contribution in [-0.2, 0) is 11.3 Å². The van der Waals surface area contributed by atoms with E-state index in [4.69, 9.17) is 33.2 Å². The second-order valence-electron chi connectivity index (χ2n) is 4.14. The van der Waals surface area contributed by atoms with E-state index in [-0.39, 0.29) is 10.6 Å². The van der Waals surface area contributed by atoms with Crippen molar-refractivity contribution in [2.75, 3.05) is 19.4 Å². The number of esters is 1. The molecule has 5 nitrogen and oxygen atoms in total. The Morgan fingerprint density at radius 1 is 1.57 bits per heavy atom. The number of hydrogen-bond acceptors (Lipinski definition) is 5. The molecule has 1 aliphatic rings. The Morgan fingerprint density at radius 3 is 3.00 bits per heavy atom. The number of rotatable bonds is 3. The molecule has 1 fully saturated rings. The number of halogens is 2. The van der Waals surface area contributed by atoms with Gasteiger partial charge in [0.05, 0.1) is 17.7 Å². The Bertz CT molecular complexity index is 643. The van der Waals surface area contributed by atoms with Crippen molar-refractivity contribution in [1.29, 1.82) is 5.26 Å². The third-order valence-electron chi connectivity index (χ3n) is 2.95. The molecule has 21 heavy (non-hydrogen) atoms. The van der Waals surface area contributed by atoms with E-state index in [1.807, 2.05) is 4.90 Å². The highest BCUT2D eigenvalue weighted by Crippen LogP contribution is 2.31. The summed E-state index contributed by atoms with van der Waals surface area (Å²) < 4.78 is 4.69. The SMILES string of the molecule is COC(=O)c1ccc(Cl)c(CN2CCS/C2=N\C#N)c1Cl. The summed E-state index contributed by atoms with van der Waals surface area (Å²) in [5.41, 5.74) is 0.888. The lowest BCUT2D eigenvalue weighted by Gasteiger charge is -2.19. The number of methoxy groups -OCH3 is 1. The van der Waals surface area contributed by atoms with E-state index in [0.29, 0.717) is 22.3 Å². The van der Waals surface area contributed by atoms with Crippen LogP contribution in [-0.4, -0.2) is 35.4 Å². The summed E-state index contributed by atoms with van der Waals surface area (Å²) in [6.07, 6.45) is 1.78. The Hall–Kier alpha value is -1.42. The van der Waals surface area contributed by atoms with Gasteiger partial charge in [0.25, 0.3) is 0 Å². The summed E-state index contributed by atoms with van der Waals surface area (Å²) in [5, 5.41) is 10.0. The number of benzene rings is 1. The van der Waals surface area contributed by atoms with Gasteiger partial charge in [-0.25, -0.2) is 4.79 Å². The number of carbonyl (C=O) groups excluding carboxylic acids is 1. The zero-order valence-corrected chi connectivity index (χ0v) is 13.4. The van der Waals surface area contributed by atoms with E-state index in [9.17, 15) is 4.79 Å². The number of nitrogens with zero attached hydrogens (tertiary/aromatic N) is 3. The van der Waals surface area contributed by atoms with E-state index in [2.05, 4.69) is 4.99 Å². The second-order valence-corrected chi connectivity index (χ2v) is 5.99. The fraction of sp³-hybridized carbons (Fsp3) is 0.308. The number of amidine groups is 1. The third kappa shape index (κ3) is 3.43. The quantitative estimate of drug-likeness (QED) is 0.622. The maximum absolute atomic E-state index is 11.7. The van der Waals surface area contributed by atoms with Crippen molar-refractivity contribution < 1.29 is 9.53 Å². The first-order valence-corrected chi connectivity index (χ1v) is 7.72. The van der Waals surface area contributed by atoms with Crippen molar-refractivity contribution in [2.24, 2.45) is 4.99 Å². The van der Waals surface area contributed by atoms with Gasteiger partial charge in [-0.05, 0) is 12.1 Å². The molecule has 110 valence electrons. The monoisotopic (exact) mass is 343 g/mol. The van der Waals surface area contributed by atoms with Gasteiger partial charge in [-0.3, -0.25) is 0 Å². The average molecular weight is 344 g/mol. The number of thioether (sulfide) groups is 1. The lowest BCUT2D eigenvalue weighted by atomic mass is 10.1. The Balaban J connectivity index is 2.34. The molecule has 8 heteroatoms. The molecular weight excluding hydrogens is 333 g/mol. The molecule has 0 aliphatic carbocycles. The highest BCUT2D eigenvalue weighted by atomic mass is 35.5. The smallest absolute Gasteiger partial charge is 0.339 e. The first-order valence-electron chi connectivity index (χ1n) is 5.98. The number of aliphatic imine (C=N–C) groups is 1. The van der Waals surface area contributed by atoms with Gasteiger partial charge in [-0.15, -0.1) is 4.99 Å². The average Bonchev–Trinajstić information content (AvgIpc) is 2.90. The number of ether oxygens (including phenoxy) is 1. The molecule has 0 bridgehead atoms. The van der Waals surface area contributed by atoms with E-state index < -0.39 is 5.97 Å². The minimum absolute atomic E-state index is 0.266. The summed E-state index contributed by atoms with van der Waals surface area (Å²) in [4.78, 5) is 17.3. The zero-order chi connectivity index (χ0) is 15.4. The maximum Gasteiger partial charge on any atom is 0.339 e. The molecule has 0 spiro atoms. The van der Waals surface area contributed by atoms with Gasteiger partial charge >= 0.3 is 5.97 Å². The van der Waals surface area contributed by atoms with Gasteiger partial charge in [-0.1, -0.05) is 35.0 Å². The topological polar surface area (TPSA) is 65.7 Å². The van der Waals surface area contributed by atoms with Crippen LogP contribution in [0.3, 0.4) is 0 Å². The minimum Gasteiger partial charge on any atom is -0.465 e. The predicted octanol–water partition coefficient (Wildman–Crippen LogP) is 3.17. The molecule has 0 unspecified atom stereocenters. The summed E-state index contributed by atoms with van der Waals surface area (Å²) in [6.45, 7) is 1.12. The fourth-order valence-corrected chi connectivity index (χ4v) is 3.43. The summed E-state index contributed by atoms with van der Waals surface area (Å²) >= 11 is 13.9. The Labute approximate surface area is 136 Å². The van der Waals surface area contributed by atoms with Crippen molar-refractivity contribution >= 4 is 46.1 Å². The van der Waals surface area contributed by atoms with Crippen LogP contribution in [0.2, 0.25) is 10.0 Å². The molecule has 1 aromatic rings. The molecule has 0 amide bonds. The molecule has 1 heterocycles. The van der Waals surface area contributed by atoms with Crippen molar-refractivity contribution in [1.82, 2.24) is 4.90 Å². The third-order valence-corrected chi connectivity index (χ3v) is 4.73. The van der Waals surface area contributed by atoms with Crippen LogP contribution in [0.4, 0.5) is 0 Å². The van der Waals surface area contributed by atoms with Gasteiger partial charge in [-0.2, -0.15) is 5.26 Å². The van der Waals surface area contributed by atoms with E-state index in [1.165, 1.54) is 24.9 Å². The van der Waals surface area contributed by atoms with E-state index in [1.54, 1.807) is 12.3 Å². The van der Waals surface area contributed by atoms with Gasteiger partial charge in [0.2, 0.25) is 6.19 Å². The van der Waals surface area contributed by atoms with Crippen molar-refractivity contribution in [3.05, 3.63) is 33.3 Å². The molecular formula is C13H11Cl2N3O2S. The van der Waals surface area contributed by atoms with Crippen LogP contribution in [0.15, 0.2) is 17.1 Å². The van der Waals surface area contributed by atoms with Crippen molar-refractivity contribution in [3.8, 4) is 6.19 Å². The largest absolute Gasteiger partial charge is 0.465 e. The highest BCUT2D eigenvalue weighted by molar-refractivity contribution is 8.14. The summed E-state index contributed by atoms with van der Waals surface area (Å²) in [7, 11) is 1.29. The van der Waals surface area contributed by atoms with Crippen LogP contribution in [0.1, 0.15) is 15.9 Å². The van der Waals surface area contributed by atoms with E-state index >= 15 is 0 Å². The molecule has 0 saturated carbocycles. The van der Waals surface area contributed by atoms with Gasteiger partial charge < -0.3 is 9.64 Å². The highest BCUT2D eigenvalue weighted by Gasteiger charge is 2.24. The summed E-state index contributed by atoms with van der Waals surface area (Å²) in [5.74, 6) is 0.325. The molecule has 0 atom stereocenters. The first-order chi connectivity index (χ1) is 10.1. The van der Waals surface area contributed by atoms with Crippen LogP contribution >= 0.6 is 35.0 Å². The van der Waals surface area contributed by atoms with Crippen LogP contribution in [0.25, 0.3) is 0 Å². The van der Waals surface area contributed by atoms with Crippen LogP contribution in [0.5, 0.6) is 0 Å². The molecule has 2 rings (SSSR count). The standard InChI is InChI=1S/C13H11Cl2N3O2S/c1-20-12(19)8-2-3-10(14)9(11(8)15)6-18-4-5-21-13(18)17-7-16/h2-3H,4-6H2,1H3/b17-13-. The van der Waals surface area contributed by atoms with Gasteiger partial charge in [0, 0.05) is 29.4 Å². The van der Waals surface area contributed by atoms with Crippen LogP contribution < -0.4 is 0 Å². The number of nitriles is 1. The van der Waals surface area contributed by atoms with Gasteiger partial charge in [0.1, 0.15) is 0 Å². The van der Waals surface area contributed by atoms with Crippen molar-refractivity contribution in [2.45, 2.75) is 6.54 Å². The maximum atomic E-state index is 11.7. The fourth-order valence-electron chi connectivity index (χ4n) is 1.93. The molecule has 1 saturated heterocycles. The minimum atomic E-state index is -0.514. The van der Waals surface area contributed by atoms with Crippen LogP contribution in [0, 0.1) is 11.5 Å². The first kappa shape index (κ1) is 16.0. The molecule has 1 aliphatic heterocycles. The molecule has 0 aromatic heterocycles. The molecule has 0 N–H and O–H groups in total. The second kappa shape index (κ2) is 7.03. The number of hydrogen-bond donors (Lipinski definition) is 0. The Morgan fingerprint density at radius 2 is 2.33 bits per heavy atom. The normalized spacial score (nSPS) is 16.1. The molecule has 1 aromatic carbocycles. The molecule has 0 radical (unpaired) electrons. The zero-order valence-electron chi connectivity index (χ0n) is 11.1. The summed E-state index contributed by atoms with van der Waals surface area (Å²) in [6, 6.07) is 3.14.